The number of hydrogen-bond acceptors (Lipinski definition) is 3. The molecule has 0 spiro atoms. The monoisotopic (exact) mass is 374 g/mol. The summed E-state index contributed by atoms with van der Waals surface area (Å²) in [6.07, 6.45) is 6.67. The van der Waals surface area contributed by atoms with Crippen LogP contribution in [0.15, 0.2) is 24.3 Å². The Bertz CT molecular complexity index is 682. The molecule has 0 radical (unpaired) electrons. The summed E-state index contributed by atoms with van der Waals surface area (Å²) < 4.78 is 18.8. The standard InChI is InChI=1S/C21H27FN2O3/c22-15-7-5-14(6-8-15)21(26)23-11-9-17(25)24-19-16-10-12-27-20(16)18(19)13-3-1-2-4-13/h5-8,13,16,18-20H,1-4,9-12H2,(H,23,26)(H,24,25)/t16-,18+,19-,20-/m1/s1. The molecule has 0 bridgehead atoms. The van der Waals surface area contributed by atoms with E-state index in [1.807, 2.05) is 0 Å². The third kappa shape index (κ3) is 3.86. The average Bonchev–Trinajstić information content (AvgIpc) is 3.31. The Morgan fingerprint density at radius 3 is 2.59 bits per heavy atom. The Morgan fingerprint density at radius 2 is 1.85 bits per heavy atom. The molecular formula is C21H27FN2O3. The van der Waals surface area contributed by atoms with E-state index in [0.29, 0.717) is 29.4 Å². The van der Waals surface area contributed by atoms with Gasteiger partial charge in [-0.2, -0.15) is 0 Å². The van der Waals surface area contributed by atoms with Gasteiger partial charge in [0.25, 0.3) is 5.91 Å². The van der Waals surface area contributed by atoms with Gasteiger partial charge in [-0.1, -0.05) is 25.7 Å². The number of amides is 2. The highest BCUT2D eigenvalue weighted by molar-refractivity contribution is 5.94. The number of carbonyl (C=O) groups is 2. The SMILES string of the molecule is O=C(CCNC(=O)c1ccc(F)cc1)N[C@@H]1[C@H]2CCO[C@H]2[C@H]1C1CCCC1. The van der Waals surface area contributed by atoms with Crippen LogP contribution >= 0.6 is 0 Å². The fraction of sp³-hybridized carbons (Fsp3) is 0.619. The van der Waals surface area contributed by atoms with Gasteiger partial charge in [0.2, 0.25) is 5.91 Å². The molecule has 5 nitrogen and oxygen atoms in total. The highest BCUT2D eigenvalue weighted by Crippen LogP contribution is 2.51. The third-order valence-electron chi connectivity index (χ3n) is 6.45. The summed E-state index contributed by atoms with van der Waals surface area (Å²) in [6, 6.07) is 5.60. The van der Waals surface area contributed by atoms with Crippen molar-refractivity contribution in [3.63, 3.8) is 0 Å². The second-order valence-corrected chi connectivity index (χ2v) is 8.02. The van der Waals surface area contributed by atoms with Gasteiger partial charge in [-0.3, -0.25) is 9.59 Å². The van der Waals surface area contributed by atoms with E-state index in [0.717, 1.165) is 13.0 Å². The van der Waals surface area contributed by atoms with Crippen molar-refractivity contribution in [2.75, 3.05) is 13.2 Å². The maximum Gasteiger partial charge on any atom is 0.251 e. The van der Waals surface area contributed by atoms with E-state index in [-0.39, 0.29) is 36.6 Å². The van der Waals surface area contributed by atoms with Crippen LogP contribution in [0.4, 0.5) is 4.39 Å². The van der Waals surface area contributed by atoms with Crippen LogP contribution in [0.2, 0.25) is 0 Å². The van der Waals surface area contributed by atoms with Crippen LogP contribution in [0, 0.1) is 23.6 Å². The molecule has 0 unspecified atom stereocenters. The number of benzene rings is 1. The number of carbonyl (C=O) groups excluding carboxylic acids is 2. The summed E-state index contributed by atoms with van der Waals surface area (Å²) in [4.78, 5) is 24.4. The molecule has 2 saturated carbocycles. The first-order chi connectivity index (χ1) is 13.1. The van der Waals surface area contributed by atoms with E-state index < -0.39 is 0 Å². The van der Waals surface area contributed by atoms with Gasteiger partial charge in [0.15, 0.2) is 0 Å². The lowest BCUT2D eigenvalue weighted by Crippen LogP contribution is -2.63. The van der Waals surface area contributed by atoms with Gasteiger partial charge in [-0.15, -0.1) is 0 Å². The van der Waals surface area contributed by atoms with Crippen molar-refractivity contribution < 1.29 is 18.7 Å². The maximum absolute atomic E-state index is 12.9. The van der Waals surface area contributed by atoms with Crippen LogP contribution in [0.3, 0.4) is 0 Å². The minimum Gasteiger partial charge on any atom is -0.377 e. The Kier molecular flexibility index (Phi) is 5.43. The highest BCUT2D eigenvalue weighted by atomic mass is 19.1. The molecule has 4 rings (SSSR count). The molecule has 6 heteroatoms. The van der Waals surface area contributed by atoms with E-state index in [1.165, 1.54) is 49.9 Å². The van der Waals surface area contributed by atoms with E-state index in [2.05, 4.69) is 10.6 Å². The van der Waals surface area contributed by atoms with Crippen LogP contribution in [-0.4, -0.2) is 37.1 Å². The fourth-order valence-corrected chi connectivity index (χ4v) is 5.11. The molecule has 3 aliphatic rings. The first-order valence-corrected chi connectivity index (χ1v) is 10.1. The summed E-state index contributed by atoms with van der Waals surface area (Å²) in [5.41, 5.74) is 0.392. The van der Waals surface area contributed by atoms with Crippen molar-refractivity contribution in [2.24, 2.45) is 17.8 Å². The average molecular weight is 374 g/mol. The quantitative estimate of drug-likeness (QED) is 0.804. The van der Waals surface area contributed by atoms with E-state index >= 15 is 0 Å². The summed E-state index contributed by atoms with van der Waals surface area (Å²) in [5, 5.41) is 5.94. The number of ether oxygens (including phenoxy) is 1. The zero-order valence-electron chi connectivity index (χ0n) is 15.5. The van der Waals surface area contributed by atoms with Crippen molar-refractivity contribution in [2.45, 2.75) is 50.7 Å². The van der Waals surface area contributed by atoms with Gasteiger partial charge in [0, 0.05) is 43.0 Å². The van der Waals surface area contributed by atoms with Crippen molar-refractivity contribution in [1.82, 2.24) is 10.6 Å². The predicted octanol–water partition coefficient (Wildman–Crippen LogP) is 2.66. The lowest BCUT2D eigenvalue weighted by molar-refractivity contribution is -0.129. The molecule has 146 valence electrons. The second-order valence-electron chi connectivity index (χ2n) is 8.02. The minimum absolute atomic E-state index is 0.0206. The number of rotatable bonds is 6. The molecule has 1 aliphatic heterocycles. The molecule has 2 N–H and O–H groups in total. The largest absolute Gasteiger partial charge is 0.377 e. The topological polar surface area (TPSA) is 67.4 Å². The molecule has 1 saturated heterocycles. The number of nitrogens with one attached hydrogen (secondary N) is 2. The Labute approximate surface area is 159 Å². The van der Waals surface area contributed by atoms with Crippen LogP contribution in [0.25, 0.3) is 0 Å². The van der Waals surface area contributed by atoms with Gasteiger partial charge >= 0.3 is 0 Å². The predicted molar refractivity (Wildman–Crippen MR) is 98.6 cm³/mol. The first-order valence-electron chi connectivity index (χ1n) is 10.1. The molecule has 0 aromatic heterocycles. The van der Waals surface area contributed by atoms with Crippen molar-refractivity contribution >= 4 is 11.8 Å². The lowest BCUT2D eigenvalue weighted by Gasteiger charge is -2.50. The van der Waals surface area contributed by atoms with Crippen molar-refractivity contribution in [3.8, 4) is 0 Å². The third-order valence-corrected chi connectivity index (χ3v) is 6.45. The second kappa shape index (κ2) is 7.97. The zero-order chi connectivity index (χ0) is 18.8. The van der Waals surface area contributed by atoms with E-state index in [4.69, 9.17) is 4.74 Å². The number of hydrogen-bond donors (Lipinski definition) is 2. The maximum atomic E-state index is 12.9. The minimum atomic E-state index is -0.377. The Hall–Kier alpha value is -1.95. The molecule has 2 aliphatic carbocycles. The molecule has 3 fully saturated rings. The van der Waals surface area contributed by atoms with E-state index in [9.17, 15) is 14.0 Å². The molecule has 2 amide bonds. The van der Waals surface area contributed by atoms with Gasteiger partial charge < -0.3 is 15.4 Å². The van der Waals surface area contributed by atoms with Crippen LogP contribution in [-0.2, 0) is 9.53 Å². The molecule has 4 atom stereocenters. The number of fused-ring (bicyclic) bond motifs is 1. The van der Waals surface area contributed by atoms with Gasteiger partial charge in [-0.25, -0.2) is 4.39 Å². The van der Waals surface area contributed by atoms with Crippen LogP contribution in [0.1, 0.15) is 48.9 Å². The van der Waals surface area contributed by atoms with Gasteiger partial charge in [0.05, 0.1) is 6.10 Å². The molecule has 27 heavy (non-hydrogen) atoms. The van der Waals surface area contributed by atoms with E-state index in [1.54, 1.807) is 0 Å². The molecule has 1 aromatic rings. The van der Waals surface area contributed by atoms with Crippen molar-refractivity contribution in [3.05, 3.63) is 35.6 Å². The normalized spacial score (nSPS) is 29.8. The molecule has 1 heterocycles. The lowest BCUT2D eigenvalue weighted by atomic mass is 9.61. The fourth-order valence-electron chi connectivity index (χ4n) is 5.11. The van der Waals surface area contributed by atoms with Gasteiger partial charge in [0.1, 0.15) is 5.82 Å². The summed E-state index contributed by atoms with van der Waals surface area (Å²) in [6.45, 7) is 1.08. The zero-order valence-corrected chi connectivity index (χ0v) is 15.5. The summed E-state index contributed by atoms with van der Waals surface area (Å²) in [7, 11) is 0. The smallest absolute Gasteiger partial charge is 0.251 e. The Balaban J connectivity index is 1.25. The van der Waals surface area contributed by atoms with Crippen LogP contribution < -0.4 is 10.6 Å². The molecule has 1 aromatic carbocycles. The molecular weight excluding hydrogens is 347 g/mol. The van der Waals surface area contributed by atoms with Gasteiger partial charge in [-0.05, 0) is 36.6 Å². The highest BCUT2D eigenvalue weighted by Gasteiger charge is 2.56. The summed E-state index contributed by atoms with van der Waals surface area (Å²) in [5.74, 6) is 0.892. The Morgan fingerprint density at radius 1 is 1.11 bits per heavy atom. The number of halogens is 1. The van der Waals surface area contributed by atoms with Crippen molar-refractivity contribution in [1.29, 1.82) is 0 Å². The van der Waals surface area contributed by atoms with Crippen LogP contribution in [0.5, 0.6) is 0 Å². The summed E-state index contributed by atoms with van der Waals surface area (Å²) >= 11 is 0. The first kappa shape index (κ1) is 18.4.